The second kappa shape index (κ2) is 4.16. The molecule has 2 heteroatoms. The van der Waals surface area contributed by atoms with Crippen molar-refractivity contribution in [1.82, 2.24) is 5.32 Å². The molecule has 1 N–H and O–H groups in total. The van der Waals surface area contributed by atoms with Gasteiger partial charge in [0, 0.05) is 19.0 Å². The number of hydrogen-bond acceptors (Lipinski definition) is 2. The summed E-state index contributed by atoms with van der Waals surface area (Å²) in [5, 5.41) is 3.64. The van der Waals surface area contributed by atoms with E-state index in [9.17, 15) is 0 Å². The summed E-state index contributed by atoms with van der Waals surface area (Å²) in [6.07, 6.45) is 7.21. The van der Waals surface area contributed by atoms with Gasteiger partial charge in [-0.05, 0) is 48.6 Å². The lowest BCUT2D eigenvalue weighted by atomic mass is 9.78. The summed E-state index contributed by atoms with van der Waals surface area (Å²) in [4.78, 5) is 0. The first-order valence-electron chi connectivity index (χ1n) is 6.93. The summed E-state index contributed by atoms with van der Waals surface area (Å²) in [6.45, 7) is 5.62. The Morgan fingerprint density at radius 1 is 1.41 bits per heavy atom. The molecule has 0 saturated heterocycles. The molecule has 2 unspecified atom stereocenters. The van der Waals surface area contributed by atoms with Gasteiger partial charge in [-0.25, -0.2) is 0 Å². The highest BCUT2D eigenvalue weighted by Crippen LogP contribution is 2.60. The minimum atomic E-state index is 0.468. The normalized spacial score (nSPS) is 35.2. The van der Waals surface area contributed by atoms with Gasteiger partial charge in [-0.15, -0.1) is 0 Å². The van der Waals surface area contributed by atoms with E-state index in [1.54, 1.807) is 6.26 Å². The minimum absolute atomic E-state index is 0.468. The van der Waals surface area contributed by atoms with E-state index in [0.29, 0.717) is 11.5 Å². The second-order valence-corrected chi connectivity index (χ2v) is 6.46. The molecular weight excluding hydrogens is 210 g/mol. The first-order chi connectivity index (χ1) is 8.17. The van der Waals surface area contributed by atoms with Crippen molar-refractivity contribution >= 4 is 0 Å². The maximum absolute atomic E-state index is 5.55. The molecule has 1 aromatic heterocycles. The molecule has 0 spiro atoms. The maximum Gasteiger partial charge on any atom is 0.104 e. The monoisotopic (exact) mass is 233 g/mol. The zero-order valence-electron chi connectivity index (χ0n) is 10.9. The molecule has 94 valence electrons. The summed E-state index contributed by atoms with van der Waals surface area (Å²) >= 11 is 0. The largest absolute Gasteiger partial charge is 0.469 e. The number of furan rings is 1. The summed E-state index contributed by atoms with van der Waals surface area (Å²) in [5.41, 5.74) is 0.468. The molecule has 2 nitrogen and oxygen atoms in total. The Kier molecular flexibility index (Phi) is 2.78. The third kappa shape index (κ3) is 2.42. The Balaban J connectivity index is 1.68. The number of rotatable bonds is 5. The molecular formula is C15H23NO. The van der Waals surface area contributed by atoms with Crippen LogP contribution in [0.3, 0.4) is 0 Å². The van der Waals surface area contributed by atoms with Crippen molar-refractivity contribution in [3.63, 3.8) is 0 Å². The Morgan fingerprint density at radius 2 is 2.18 bits per heavy atom. The minimum Gasteiger partial charge on any atom is -0.469 e. The summed E-state index contributed by atoms with van der Waals surface area (Å²) in [6, 6.07) is 4.72. The lowest BCUT2D eigenvalue weighted by Gasteiger charge is -2.31. The van der Waals surface area contributed by atoms with E-state index in [1.165, 1.54) is 19.3 Å². The fourth-order valence-corrected chi connectivity index (χ4v) is 3.56. The highest BCUT2D eigenvalue weighted by atomic mass is 16.3. The maximum atomic E-state index is 5.55. The van der Waals surface area contributed by atoms with Gasteiger partial charge in [0.25, 0.3) is 0 Å². The van der Waals surface area contributed by atoms with Crippen molar-refractivity contribution in [2.24, 2.45) is 17.3 Å². The van der Waals surface area contributed by atoms with Crippen molar-refractivity contribution in [2.75, 3.05) is 6.54 Å². The molecule has 0 amide bonds. The van der Waals surface area contributed by atoms with Crippen molar-refractivity contribution < 1.29 is 4.42 Å². The van der Waals surface area contributed by atoms with Crippen LogP contribution in [0, 0.1) is 17.3 Å². The first kappa shape index (κ1) is 11.3. The van der Waals surface area contributed by atoms with E-state index in [-0.39, 0.29) is 0 Å². The van der Waals surface area contributed by atoms with Crippen molar-refractivity contribution in [2.45, 2.75) is 45.6 Å². The predicted molar refractivity (Wildman–Crippen MR) is 68.8 cm³/mol. The number of hydrogen-bond donors (Lipinski definition) is 1. The zero-order valence-corrected chi connectivity index (χ0v) is 10.9. The molecule has 2 aliphatic carbocycles. The van der Waals surface area contributed by atoms with Crippen LogP contribution in [0.5, 0.6) is 0 Å². The molecule has 0 aliphatic heterocycles. The van der Waals surface area contributed by atoms with Crippen LogP contribution < -0.4 is 5.32 Å². The van der Waals surface area contributed by atoms with Crippen LogP contribution in [0.4, 0.5) is 0 Å². The van der Waals surface area contributed by atoms with E-state index >= 15 is 0 Å². The van der Waals surface area contributed by atoms with Crippen LogP contribution in [-0.4, -0.2) is 12.6 Å². The van der Waals surface area contributed by atoms with Gasteiger partial charge in [-0.2, -0.15) is 0 Å². The van der Waals surface area contributed by atoms with Crippen molar-refractivity contribution in [3.8, 4) is 0 Å². The lowest BCUT2D eigenvalue weighted by Crippen LogP contribution is -2.38. The van der Waals surface area contributed by atoms with Gasteiger partial charge in [0.05, 0.1) is 6.26 Å². The SMILES string of the molecule is CC(C)NCC1(Cc2ccco2)CC2CC2C1. The fourth-order valence-electron chi connectivity index (χ4n) is 3.56. The summed E-state index contributed by atoms with van der Waals surface area (Å²) in [5.74, 6) is 3.22. The second-order valence-electron chi connectivity index (χ2n) is 6.46. The molecule has 2 aliphatic rings. The van der Waals surface area contributed by atoms with Gasteiger partial charge in [-0.3, -0.25) is 0 Å². The Labute approximate surface area is 104 Å². The molecule has 17 heavy (non-hydrogen) atoms. The smallest absolute Gasteiger partial charge is 0.104 e. The molecule has 1 aromatic rings. The Bertz CT molecular complexity index is 358. The molecule has 0 bridgehead atoms. The van der Waals surface area contributed by atoms with Crippen molar-refractivity contribution in [3.05, 3.63) is 24.2 Å². The molecule has 1 heterocycles. The third-order valence-corrected chi connectivity index (χ3v) is 4.47. The highest BCUT2D eigenvalue weighted by molar-refractivity contribution is 5.10. The standard InChI is InChI=1S/C15H23NO/c1-11(2)16-10-15(7-12-6-13(12)8-15)9-14-4-3-5-17-14/h3-5,11-13,16H,6-10H2,1-2H3. The average molecular weight is 233 g/mol. The van der Waals surface area contributed by atoms with Gasteiger partial charge in [0.2, 0.25) is 0 Å². The highest BCUT2D eigenvalue weighted by Gasteiger charge is 2.53. The van der Waals surface area contributed by atoms with Crippen molar-refractivity contribution in [1.29, 1.82) is 0 Å². The topological polar surface area (TPSA) is 25.2 Å². The summed E-state index contributed by atoms with van der Waals surface area (Å²) in [7, 11) is 0. The first-order valence-corrected chi connectivity index (χ1v) is 6.93. The van der Waals surface area contributed by atoms with Gasteiger partial charge < -0.3 is 9.73 Å². The number of fused-ring (bicyclic) bond motifs is 1. The molecule has 3 rings (SSSR count). The van der Waals surface area contributed by atoms with Crippen LogP contribution in [0.1, 0.15) is 38.9 Å². The van der Waals surface area contributed by atoms with E-state index < -0.39 is 0 Å². The quantitative estimate of drug-likeness (QED) is 0.844. The van der Waals surface area contributed by atoms with E-state index in [0.717, 1.165) is 30.6 Å². The Hall–Kier alpha value is -0.760. The van der Waals surface area contributed by atoms with Crippen LogP contribution in [0.15, 0.2) is 22.8 Å². The van der Waals surface area contributed by atoms with Crippen LogP contribution in [0.25, 0.3) is 0 Å². The molecule has 2 fully saturated rings. The van der Waals surface area contributed by atoms with Gasteiger partial charge in [0.1, 0.15) is 5.76 Å². The molecule has 0 aromatic carbocycles. The van der Waals surface area contributed by atoms with Crippen LogP contribution >= 0.6 is 0 Å². The molecule has 2 atom stereocenters. The van der Waals surface area contributed by atoms with E-state index in [1.807, 2.05) is 6.07 Å². The van der Waals surface area contributed by atoms with Crippen LogP contribution in [-0.2, 0) is 6.42 Å². The lowest BCUT2D eigenvalue weighted by molar-refractivity contribution is 0.226. The van der Waals surface area contributed by atoms with Crippen LogP contribution in [0.2, 0.25) is 0 Å². The predicted octanol–water partition coefficient (Wildman–Crippen LogP) is 3.24. The van der Waals surface area contributed by atoms with Gasteiger partial charge in [0.15, 0.2) is 0 Å². The van der Waals surface area contributed by atoms with Gasteiger partial charge >= 0.3 is 0 Å². The summed E-state index contributed by atoms with van der Waals surface area (Å²) < 4.78 is 5.55. The number of nitrogens with one attached hydrogen (secondary N) is 1. The Morgan fingerprint density at radius 3 is 2.76 bits per heavy atom. The third-order valence-electron chi connectivity index (χ3n) is 4.47. The molecule has 2 saturated carbocycles. The van der Waals surface area contributed by atoms with E-state index in [2.05, 4.69) is 25.2 Å². The zero-order chi connectivity index (χ0) is 11.9. The average Bonchev–Trinajstić information content (AvgIpc) is 2.73. The fraction of sp³-hybridized carbons (Fsp3) is 0.733. The van der Waals surface area contributed by atoms with E-state index in [4.69, 9.17) is 4.42 Å². The van der Waals surface area contributed by atoms with Gasteiger partial charge in [-0.1, -0.05) is 13.8 Å². The molecule has 0 radical (unpaired) electrons.